The van der Waals surface area contributed by atoms with Gasteiger partial charge in [-0.05, 0) is 31.2 Å². The third-order valence-corrected chi connectivity index (χ3v) is 4.62. The molecule has 0 fully saturated rings. The van der Waals surface area contributed by atoms with Crippen LogP contribution in [0.25, 0.3) is 0 Å². The highest BCUT2D eigenvalue weighted by Gasteiger charge is 2.29. The van der Waals surface area contributed by atoms with Gasteiger partial charge in [-0.1, -0.05) is 30.3 Å². The summed E-state index contributed by atoms with van der Waals surface area (Å²) < 4.78 is 29.2. The maximum atomic E-state index is 13.0. The van der Waals surface area contributed by atoms with Gasteiger partial charge in [0.15, 0.2) is 11.5 Å². The van der Waals surface area contributed by atoms with E-state index < -0.39 is 7.60 Å². The van der Waals surface area contributed by atoms with Gasteiger partial charge in [0.05, 0.1) is 19.0 Å². The van der Waals surface area contributed by atoms with E-state index >= 15 is 0 Å². The summed E-state index contributed by atoms with van der Waals surface area (Å²) in [5.41, 5.74) is 0. The predicted molar refractivity (Wildman–Crippen MR) is 78.9 cm³/mol. The summed E-state index contributed by atoms with van der Waals surface area (Å²) in [6.07, 6.45) is 0. The van der Waals surface area contributed by atoms with Gasteiger partial charge in [0, 0.05) is 0 Å². The predicted octanol–water partition coefficient (Wildman–Crippen LogP) is 3.63. The smallest absolute Gasteiger partial charge is 0.410 e. The van der Waals surface area contributed by atoms with Crippen LogP contribution in [0.15, 0.2) is 54.6 Å². The van der Waals surface area contributed by atoms with E-state index in [1.165, 1.54) is 7.11 Å². The van der Waals surface area contributed by atoms with E-state index in [2.05, 4.69) is 0 Å². The van der Waals surface area contributed by atoms with Crippen LogP contribution < -0.4 is 14.6 Å². The molecule has 1 atom stereocenters. The summed E-state index contributed by atoms with van der Waals surface area (Å²) in [6, 6.07) is 16.0. The van der Waals surface area contributed by atoms with Gasteiger partial charge in [0.25, 0.3) is 0 Å². The molecule has 0 radical (unpaired) electrons. The molecule has 0 aliphatic heterocycles. The molecule has 5 heteroatoms. The summed E-state index contributed by atoms with van der Waals surface area (Å²) in [5.74, 6) is 0.916. The lowest BCUT2D eigenvalue weighted by Crippen LogP contribution is -2.12. The van der Waals surface area contributed by atoms with Crippen molar-refractivity contribution < 1.29 is 18.3 Å². The van der Waals surface area contributed by atoms with Crippen LogP contribution in [-0.2, 0) is 9.09 Å². The maximum absolute atomic E-state index is 13.0. The fourth-order valence-corrected chi connectivity index (χ4v) is 3.35. The monoisotopic (exact) mass is 292 g/mol. The van der Waals surface area contributed by atoms with Gasteiger partial charge < -0.3 is 9.26 Å². The standard InChI is InChI=1S/C15H17O4P/c1-3-18-20(16,13-9-5-4-6-10-13)19-15-12-8-7-11-14(15)17-2/h4-12H,3H2,1-2H3. The number of hydrogen-bond acceptors (Lipinski definition) is 4. The van der Waals surface area contributed by atoms with Crippen LogP contribution in [0.4, 0.5) is 0 Å². The molecule has 0 saturated heterocycles. The molecule has 2 aromatic carbocycles. The first-order valence-corrected chi connectivity index (χ1v) is 7.86. The highest BCUT2D eigenvalue weighted by molar-refractivity contribution is 7.62. The van der Waals surface area contributed by atoms with Gasteiger partial charge in [-0.2, -0.15) is 0 Å². The summed E-state index contributed by atoms with van der Waals surface area (Å²) in [6.45, 7) is 2.07. The molecule has 0 amide bonds. The van der Waals surface area contributed by atoms with Crippen molar-refractivity contribution in [1.29, 1.82) is 0 Å². The molecule has 4 nitrogen and oxygen atoms in total. The third kappa shape index (κ3) is 3.21. The molecule has 1 unspecified atom stereocenters. The van der Waals surface area contributed by atoms with Crippen LogP contribution in [0.5, 0.6) is 11.5 Å². The lowest BCUT2D eigenvalue weighted by atomic mass is 10.3. The Morgan fingerprint density at radius 2 is 1.55 bits per heavy atom. The molecule has 0 bridgehead atoms. The fourth-order valence-electron chi connectivity index (χ4n) is 1.76. The molecule has 0 aliphatic carbocycles. The van der Waals surface area contributed by atoms with Gasteiger partial charge in [0.1, 0.15) is 0 Å². The minimum atomic E-state index is -3.41. The summed E-state index contributed by atoms with van der Waals surface area (Å²) in [7, 11) is -1.88. The van der Waals surface area contributed by atoms with Crippen molar-refractivity contribution in [2.75, 3.05) is 13.7 Å². The second-order valence-electron chi connectivity index (χ2n) is 3.99. The summed E-state index contributed by atoms with van der Waals surface area (Å²) >= 11 is 0. The van der Waals surface area contributed by atoms with Crippen LogP contribution in [0.3, 0.4) is 0 Å². The maximum Gasteiger partial charge on any atom is 0.410 e. The zero-order chi connectivity index (χ0) is 14.4. The minimum absolute atomic E-state index is 0.293. The minimum Gasteiger partial charge on any atom is -0.493 e. The first-order chi connectivity index (χ1) is 9.69. The molecule has 20 heavy (non-hydrogen) atoms. The van der Waals surface area contributed by atoms with Crippen molar-refractivity contribution >= 4 is 12.9 Å². The topological polar surface area (TPSA) is 44.8 Å². The Morgan fingerprint density at radius 1 is 0.950 bits per heavy atom. The molecular weight excluding hydrogens is 275 g/mol. The molecule has 0 heterocycles. The molecule has 0 saturated carbocycles. The highest BCUT2D eigenvalue weighted by atomic mass is 31.2. The Labute approximate surface area is 118 Å². The third-order valence-electron chi connectivity index (χ3n) is 2.66. The van der Waals surface area contributed by atoms with Crippen molar-refractivity contribution in [2.45, 2.75) is 6.92 Å². The largest absolute Gasteiger partial charge is 0.493 e. The van der Waals surface area contributed by atoms with Gasteiger partial charge >= 0.3 is 7.60 Å². The Kier molecular flexibility index (Phi) is 4.83. The number of hydrogen-bond donors (Lipinski definition) is 0. The lowest BCUT2D eigenvalue weighted by molar-refractivity contribution is 0.284. The van der Waals surface area contributed by atoms with Crippen molar-refractivity contribution in [3.63, 3.8) is 0 Å². The van der Waals surface area contributed by atoms with Crippen molar-refractivity contribution in [3.05, 3.63) is 54.6 Å². The van der Waals surface area contributed by atoms with Gasteiger partial charge in [-0.25, -0.2) is 4.57 Å². The van der Waals surface area contributed by atoms with E-state index in [1.54, 1.807) is 49.4 Å². The van der Waals surface area contributed by atoms with Crippen molar-refractivity contribution in [2.24, 2.45) is 0 Å². The van der Waals surface area contributed by atoms with Gasteiger partial charge in [-0.3, -0.25) is 4.52 Å². The average Bonchev–Trinajstić information content (AvgIpc) is 2.49. The molecule has 0 aromatic heterocycles. The normalized spacial score (nSPS) is 13.5. The second-order valence-corrected chi connectivity index (χ2v) is 5.95. The zero-order valence-electron chi connectivity index (χ0n) is 11.5. The molecular formula is C15H17O4P. The van der Waals surface area contributed by atoms with E-state index in [4.69, 9.17) is 13.8 Å². The van der Waals surface area contributed by atoms with E-state index in [-0.39, 0.29) is 0 Å². The second kappa shape index (κ2) is 6.60. The Morgan fingerprint density at radius 3 is 2.15 bits per heavy atom. The molecule has 2 rings (SSSR count). The Hall–Kier alpha value is -1.77. The van der Waals surface area contributed by atoms with Crippen LogP contribution >= 0.6 is 7.60 Å². The number of rotatable bonds is 6. The van der Waals surface area contributed by atoms with Crippen LogP contribution in [0.2, 0.25) is 0 Å². The number of para-hydroxylation sites is 2. The highest BCUT2D eigenvalue weighted by Crippen LogP contribution is 2.49. The molecule has 0 aliphatic rings. The number of benzene rings is 2. The van der Waals surface area contributed by atoms with Crippen LogP contribution in [0, 0.1) is 0 Å². The van der Waals surface area contributed by atoms with E-state index in [0.29, 0.717) is 23.4 Å². The average molecular weight is 292 g/mol. The molecule has 106 valence electrons. The van der Waals surface area contributed by atoms with Crippen molar-refractivity contribution in [1.82, 2.24) is 0 Å². The SMILES string of the molecule is CCOP(=O)(Oc1ccccc1OC)c1ccccc1. The van der Waals surface area contributed by atoms with E-state index in [1.807, 2.05) is 12.1 Å². The number of ether oxygens (including phenoxy) is 1. The summed E-state index contributed by atoms with van der Waals surface area (Å²) in [5, 5.41) is 0.521. The van der Waals surface area contributed by atoms with Crippen molar-refractivity contribution in [3.8, 4) is 11.5 Å². The van der Waals surface area contributed by atoms with E-state index in [0.717, 1.165) is 0 Å². The van der Waals surface area contributed by atoms with Gasteiger partial charge in [-0.15, -0.1) is 0 Å². The molecule has 0 N–H and O–H groups in total. The van der Waals surface area contributed by atoms with Crippen LogP contribution in [0.1, 0.15) is 6.92 Å². The van der Waals surface area contributed by atoms with E-state index in [9.17, 15) is 4.57 Å². The first kappa shape index (κ1) is 14.6. The first-order valence-electron chi connectivity index (χ1n) is 6.32. The Bertz CT molecular complexity index is 598. The summed E-state index contributed by atoms with van der Waals surface area (Å²) in [4.78, 5) is 0. The zero-order valence-corrected chi connectivity index (χ0v) is 12.4. The van der Waals surface area contributed by atoms with Crippen LogP contribution in [-0.4, -0.2) is 13.7 Å². The lowest BCUT2D eigenvalue weighted by Gasteiger charge is -2.20. The van der Waals surface area contributed by atoms with Gasteiger partial charge in [0.2, 0.25) is 0 Å². The molecule has 0 spiro atoms. The quantitative estimate of drug-likeness (QED) is 0.763. The molecule has 2 aromatic rings. The fraction of sp³-hybridized carbons (Fsp3) is 0.200. The Balaban J connectivity index is 2.37. The number of methoxy groups -OCH3 is 1.